The van der Waals surface area contributed by atoms with Gasteiger partial charge in [-0.15, -0.1) is 0 Å². The Bertz CT molecular complexity index is 486. The molecule has 5 atom stereocenters. The van der Waals surface area contributed by atoms with E-state index in [-0.39, 0.29) is 0 Å². The van der Waals surface area contributed by atoms with Crippen molar-refractivity contribution < 1.29 is 29.9 Å². The molecule has 1 fully saturated rings. The summed E-state index contributed by atoms with van der Waals surface area (Å²) < 4.78 is 10.5. The van der Waals surface area contributed by atoms with Gasteiger partial charge in [0.25, 0.3) is 0 Å². The fourth-order valence-corrected chi connectivity index (χ4v) is 1.89. The molecule has 0 spiro atoms. The molecule has 8 nitrogen and oxygen atoms in total. The smallest absolute Gasteiger partial charge is 0.385 e. The van der Waals surface area contributed by atoms with Crippen molar-refractivity contribution in [2.24, 2.45) is 0 Å². The number of hydrogen-bond donors (Lipinski definition) is 4. The maximum atomic E-state index is 9.78. The normalized spacial score (nSPS) is 33.5. The van der Waals surface area contributed by atoms with E-state index in [4.69, 9.17) is 20.0 Å². The van der Waals surface area contributed by atoms with E-state index in [0.717, 1.165) is 0 Å². The van der Waals surface area contributed by atoms with Crippen molar-refractivity contribution in [2.75, 3.05) is 6.61 Å². The first-order valence-electron chi connectivity index (χ1n) is 5.99. The van der Waals surface area contributed by atoms with Crippen molar-refractivity contribution >= 4 is 5.69 Å². The minimum atomic E-state index is -1.49. The van der Waals surface area contributed by atoms with Gasteiger partial charge in [0, 0.05) is 12.1 Å². The molecular weight excluding hydrogens is 268 g/mol. The van der Waals surface area contributed by atoms with Crippen LogP contribution in [-0.4, -0.2) is 57.7 Å². The van der Waals surface area contributed by atoms with Crippen LogP contribution in [0, 0.1) is 5.39 Å². The molecular formula is C12H15N2O6+. The van der Waals surface area contributed by atoms with E-state index in [9.17, 15) is 15.3 Å². The number of hydrogen-bond acceptors (Lipinski definition) is 7. The van der Waals surface area contributed by atoms with Crippen LogP contribution in [0.15, 0.2) is 24.3 Å². The van der Waals surface area contributed by atoms with E-state index in [0.29, 0.717) is 11.4 Å². The molecule has 20 heavy (non-hydrogen) atoms. The van der Waals surface area contributed by atoms with Crippen LogP contribution in [0.4, 0.5) is 5.69 Å². The summed E-state index contributed by atoms with van der Waals surface area (Å²) in [5.41, 5.74) is 0.325. The van der Waals surface area contributed by atoms with Gasteiger partial charge in [-0.25, -0.2) is 0 Å². The fraction of sp³-hybridized carbons (Fsp3) is 0.500. The molecule has 108 valence electrons. The van der Waals surface area contributed by atoms with Crippen molar-refractivity contribution in [1.82, 2.24) is 0 Å². The van der Waals surface area contributed by atoms with Gasteiger partial charge in [0.15, 0.2) is 4.98 Å². The predicted molar refractivity (Wildman–Crippen MR) is 65.6 cm³/mol. The van der Waals surface area contributed by atoms with E-state index in [2.05, 4.69) is 4.98 Å². The molecule has 8 heteroatoms. The molecule has 2 rings (SSSR count). The van der Waals surface area contributed by atoms with E-state index < -0.39 is 37.3 Å². The lowest BCUT2D eigenvalue weighted by Gasteiger charge is -2.39. The average Bonchev–Trinajstić information content (AvgIpc) is 2.48. The van der Waals surface area contributed by atoms with Crippen molar-refractivity contribution in [3.63, 3.8) is 0 Å². The highest BCUT2D eigenvalue weighted by atomic mass is 16.7. The minimum Gasteiger partial charge on any atom is -0.462 e. The van der Waals surface area contributed by atoms with Crippen molar-refractivity contribution in [1.29, 1.82) is 5.39 Å². The van der Waals surface area contributed by atoms with Gasteiger partial charge in [-0.3, -0.25) is 0 Å². The lowest BCUT2D eigenvalue weighted by molar-refractivity contribution is -0.277. The first-order chi connectivity index (χ1) is 9.56. The molecule has 0 saturated carbocycles. The van der Waals surface area contributed by atoms with Crippen LogP contribution < -0.4 is 4.74 Å². The van der Waals surface area contributed by atoms with Gasteiger partial charge in [0.05, 0.1) is 6.61 Å². The summed E-state index contributed by atoms with van der Waals surface area (Å²) in [5, 5.41) is 46.6. The number of nitrogens with zero attached hydrogens (tertiary/aromatic N) is 2. The third-order valence-corrected chi connectivity index (χ3v) is 3.05. The second-order valence-corrected chi connectivity index (χ2v) is 4.41. The molecule has 1 heterocycles. The maximum absolute atomic E-state index is 9.78. The molecule has 1 saturated heterocycles. The second-order valence-electron chi connectivity index (χ2n) is 4.41. The number of ether oxygens (including phenoxy) is 2. The third-order valence-electron chi connectivity index (χ3n) is 3.05. The Hall–Kier alpha value is -1.76. The van der Waals surface area contributed by atoms with Gasteiger partial charge in [0.1, 0.15) is 30.2 Å². The molecule has 0 radical (unpaired) electrons. The monoisotopic (exact) mass is 283 g/mol. The highest BCUT2D eigenvalue weighted by molar-refractivity contribution is 5.46. The fourth-order valence-electron chi connectivity index (χ4n) is 1.89. The summed E-state index contributed by atoms with van der Waals surface area (Å²) in [6, 6.07) is 5.91. The Morgan fingerprint density at radius 2 is 1.75 bits per heavy atom. The average molecular weight is 283 g/mol. The van der Waals surface area contributed by atoms with Gasteiger partial charge < -0.3 is 29.9 Å². The van der Waals surface area contributed by atoms with Crippen LogP contribution in [-0.2, 0) is 4.74 Å². The lowest BCUT2D eigenvalue weighted by atomic mass is 9.99. The van der Waals surface area contributed by atoms with E-state index in [1.54, 1.807) is 0 Å². The number of diazo groups is 1. The zero-order valence-electron chi connectivity index (χ0n) is 10.4. The van der Waals surface area contributed by atoms with Crippen molar-refractivity contribution in [3.05, 3.63) is 29.2 Å². The Kier molecular flexibility index (Phi) is 4.49. The van der Waals surface area contributed by atoms with Crippen molar-refractivity contribution in [3.8, 4) is 5.75 Å². The van der Waals surface area contributed by atoms with Gasteiger partial charge in [-0.1, -0.05) is 0 Å². The molecule has 0 bridgehead atoms. The number of aliphatic hydroxyl groups excluding tert-OH is 4. The quantitative estimate of drug-likeness (QED) is 0.543. The van der Waals surface area contributed by atoms with Crippen LogP contribution in [0.2, 0.25) is 0 Å². The van der Waals surface area contributed by atoms with Crippen LogP contribution in [0.3, 0.4) is 0 Å². The molecule has 0 amide bonds. The molecule has 1 aliphatic heterocycles. The second kappa shape index (κ2) is 6.13. The van der Waals surface area contributed by atoms with Crippen LogP contribution >= 0.6 is 0 Å². The summed E-state index contributed by atoms with van der Waals surface area (Å²) >= 11 is 0. The molecule has 0 unspecified atom stereocenters. The highest BCUT2D eigenvalue weighted by Crippen LogP contribution is 2.25. The minimum absolute atomic E-state index is 0.307. The van der Waals surface area contributed by atoms with Crippen LogP contribution in [0.25, 0.3) is 4.98 Å². The Balaban J connectivity index is 2.09. The lowest BCUT2D eigenvalue weighted by Crippen LogP contribution is -2.60. The maximum Gasteiger partial charge on any atom is 0.385 e. The molecule has 1 aliphatic rings. The van der Waals surface area contributed by atoms with Crippen LogP contribution in [0.5, 0.6) is 5.75 Å². The standard InChI is InChI=1S/C12H15N2O6/c13-14-6-1-3-7(4-2-6)19-12-11(18)10(17)9(16)8(5-15)20-12/h1-4,8-12,15-18H,5H2/q+1/t8-,9+,10+,11-,12-/m1/s1. The first-order valence-corrected chi connectivity index (χ1v) is 5.99. The van der Waals surface area contributed by atoms with Gasteiger partial charge in [-0.05, 0) is 12.1 Å². The molecule has 4 N–H and O–H groups in total. The van der Waals surface area contributed by atoms with E-state index in [1.165, 1.54) is 24.3 Å². The highest BCUT2D eigenvalue weighted by Gasteiger charge is 2.44. The molecule has 0 aliphatic carbocycles. The number of rotatable bonds is 3. The van der Waals surface area contributed by atoms with Crippen molar-refractivity contribution in [2.45, 2.75) is 30.7 Å². The summed E-state index contributed by atoms with van der Waals surface area (Å²) in [6.45, 7) is -0.521. The summed E-state index contributed by atoms with van der Waals surface area (Å²) in [5.74, 6) is 0.307. The zero-order chi connectivity index (χ0) is 14.7. The number of aliphatic hydroxyl groups is 4. The van der Waals surface area contributed by atoms with E-state index >= 15 is 0 Å². The SMILES string of the molecule is N#[N+]c1ccc(O[C@@H]2O[C@H](CO)[C@H](O)[C@H](O)[C@H]2O)cc1. The Morgan fingerprint density at radius 3 is 2.30 bits per heavy atom. The first kappa shape index (κ1) is 14.6. The topological polar surface area (TPSA) is 128 Å². The van der Waals surface area contributed by atoms with Gasteiger partial charge >= 0.3 is 5.69 Å². The zero-order valence-corrected chi connectivity index (χ0v) is 10.4. The van der Waals surface area contributed by atoms with Gasteiger partial charge in [0.2, 0.25) is 11.7 Å². The summed E-state index contributed by atoms with van der Waals surface area (Å²) in [7, 11) is 0. The predicted octanol–water partition coefficient (Wildman–Crippen LogP) is -0.650. The summed E-state index contributed by atoms with van der Waals surface area (Å²) in [4.78, 5) is 2.98. The molecule has 1 aromatic rings. The number of benzene rings is 1. The third kappa shape index (κ3) is 2.87. The molecule has 0 aromatic heterocycles. The van der Waals surface area contributed by atoms with E-state index in [1.807, 2.05) is 0 Å². The largest absolute Gasteiger partial charge is 0.462 e. The Labute approximate surface area is 114 Å². The van der Waals surface area contributed by atoms with Gasteiger partial charge in [-0.2, -0.15) is 0 Å². The van der Waals surface area contributed by atoms with Crippen LogP contribution in [0.1, 0.15) is 0 Å². The molecule has 1 aromatic carbocycles. The summed E-state index contributed by atoms with van der Waals surface area (Å²) in [6.07, 6.45) is -6.63. The Morgan fingerprint density at radius 1 is 1.10 bits per heavy atom.